The molecule has 0 saturated heterocycles. The van der Waals surface area contributed by atoms with Gasteiger partial charge in [0, 0.05) is 35.5 Å². The number of halogens is 3. The Bertz CT molecular complexity index is 2690. The average molecular weight is 908 g/mol. The molecule has 0 aliphatic heterocycles. The molecule has 0 aliphatic rings. The highest BCUT2D eigenvalue weighted by Gasteiger charge is 2.33. The zero-order valence-corrected chi connectivity index (χ0v) is 34.4. The Kier molecular flexibility index (Phi) is 14.8. The molecule has 0 radical (unpaired) electrons. The van der Waals surface area contributed by atoms with Gasteiger partial charge < -0.3 is 44.6 Å². The maximum absolute atomic E-state index is 16.6. The quantitative estimate of drug-likeness (QED) is 0.0185. The monoisotopic (exact) mass is 907 g/mol. The number of nitrogens with one attached hydrogen (secondary N) is 2. The van der Waals surface area contributed by atoms with Crippen LogP contribution in [0.5, 0.6) is 40.2 Å². The summed E-state index contributed by atoms with van der Waals surface area (Å²) in [6.45, 7) is 0.788. The number of thiophene rings is 1. The van der Waals surface area contributed by atoms with E-state index in [-0.39, 0.29) is 79.9 Å². The van der Waals surface area contributed by atoms with Gasteiger partial charge in [0.05, 0.1) is 23.5 Å². The summed E-state index contributed by atoms with van der Waals surface area (Å²) < 4.78 is 104. The minimum absolute atomic E-state index is 0.0224. The molecule has 0 bridgehead atoms. The molecule has 5 aromatic rings. The Hall–Kier alpha value is -6.04. The zero-order chi connectivity index (χ0) is 44.6. The van der Waals surface area contributed by atoms with Crippen molar-refractivity contribution >= 4 is 50.7 Å². The van der Waals surface area contributed by atoms with Crippen molar-refractivity contribution in [3.63, 3.8) is 0 Å². The molecule has 0 spiro atoms. The van der Waals surface area contributed by atoms with Crippen LogP contribution in [-0.2, 0) is 21.0 Å². The van der Waals surface area contributed by atoms with E-state index in [0.717, 1.165) is 36.4 Å². The van der Waals surface area contributed by atoms with E-state index in [1.54, 1.807) is 6.07 Å². The van der Waals surface area contributed by atoms with Crippen molar-refractivity contribution in [1.29, 1.82) is 5.26 Å². The molecule has 0 aliphatic carbocycles. The Balaban J connectivity index is 1.36. The van der Waals surface area contributed by atoms with Gasteiger partial charge in [-0.2, -0.15) is 9.98 Å². The summed E-state index contributed by atoms with van der Waals surface area (Å²) in [5, 5.41) is 49.4. The fraction of sp³-hybridized carbons (Fsp3) is 0.256. The van der Waals surface area contributed by atoms with Gasteiger partial charge in [-0.3, -0.25) is 9.59 Å². The van der Waals surface area contributed by atoms with Crippen molar-refractivity contribution in [1.82, 2.24) is 10.0 Å². The Morgan fingerprint density at radius 1 is 0.852 bits per heavy atom. The second-order valence-corrected chi connectivity index (χ2v) is 17.9. The first kappa shape index (κ1) is 46.0. The highest BCUT2D eigenvalue weighted by Crippen LogP contribution is 2.48. The number of phenols is 4. The van der Waals surface area contributed by atoms with Crippen molar-refractivity contribution in [2.24, 2.45) is 0 Å². The first-order valence-electron chi connectivity index (χ1n) is 18.1. The summed E-state index contributed by atoms with van der Waals surface area (Å²) >= 11 is 0.305. The Labute approximate surface area is 350 Å². The third-order valence-electron chi connectivity index (χ3n) is 8.79. The molecule has 22 heteroatoms. The van der Waals surface area contributed by atoms with Gasteiger partial charge in [-0.15, -0.1) is 11.3 Å². The highest BCUT2D eigenvalue weighted by molar-refractivity contribution is 7.92. The van der Waals surface area contributed by atoms with E-state index in [1.165, 1.54) is 19.1 Å². The van der Waals surface area contributed by atoms with Crippen LogP contribution in [0.4, 0.5) is 13.2 Å². The third kappa shape index (κ3) is 11.0. The summed E-state index contributed by atoms with van der Waals surface area (Å²) in [5.74, 6) is -8.27. The number of nitriles is 1. The van der Waals surface area contributed by atoms with Crippen molar-refractivity contribution in [2.45, 2.75) is 43.2 Å². The number of aromatic hydroxyl groups is 4. The van der Waals surface area contributed by atoms with Crippen molar-refractivity contribution in [3.8, 4) is 46.3 Å². The van der Waals surface area contributed by atoms with Crippen molar-refractivity contribution in [3.05, 3.63) is 94.3 Å². The maximum Gasteiger partial charge on any atom is 0.391 e. The van der Waals surface area contributed by atoms with Crippen LogP contribution in [-0.4, -0.2) is 71.5 Å². The van der Waals surface area contributed by atoms with Crippen LogP contribution >= 0.6 is 18.9 Å². The molecule has 0 saturated carbocycles. The summed E-state index contributed by atoms with van der Waals surface area (Å²) in [6, 6.07) is 11.2. The molecule has 1 unspecified atom stereocenters. The predicted octanol–water partition coefficient (Wildman–Crippen LogP) is 6.71. The number of hydrogen-bond acceptors (Lipinski definition) is 14. The molecule has 324 valence electrons. The maximum atomic E-state index is 16.6. The van der Waals surface area contributed by atoms with E-state index in [1.807, 2.05) is 4.72 Å². The SMILES string of the molecule is CCc1c(S(=O)(=O)NCP(=O)(O)Oc2ccc(C#N)c(F)c2)sc2c(F)c(OCCCCC(=O)c3ccc(O)c(O)c3)c(OCCCNC(=O)c3ccc(O)c(O)c3)c(F)c12. The van der Waals surface area contributed by atoms with E-state index in [9.17, 15) is 52.3 Å². The standard InChI is InChI=1S/C39H37F3N3O13PS2/c1-2-25-32-33(41)35(57-15-5-13-44-38(51)22-9-12-29(48)31(50)17-22)36(56-14-4-3-6-27(46)21-8-11-28(47)30(49)16-21)34(42)37(32)60-39(25)61(54,55)45-20-59(52,53)58-24-10-7-23(19-43)26(40)18-24/h7-12,16-18,45,47-50H,2-6,13-15,20H2,1H3,(H,44,51)(H,52,53). The molecule has 1 heterocycles. The number of ether oxygens (including phenoxy) is 2. The molecule has 4 aromatic carbocycles. The van der Waals surface area contributed by atoms with Gasteiger partial charge in [0.25, 0.3) is 15.9 Å². The van der Waals surface area contributed by atoms with Gasteiger partial charge in [0.1, 0.15) is 28.1 Å². The van der Waals surface area contributed by atoms with Gasteiger partial charge in [-0.25, -0.2) is 26.2 Å². The second kappa shape index (κ2) is 19.6. The molecule has 5 rings (SSSR count). The number of sulfonamides is 1. The molecular weight excluding hydrogens is 871 g/mol. The summed E-state index contributed by atoms with van der Waals surface area (Å²) in [7, 11) is -9.67. The topological polar surface area (TPSA) is 262 Å². The van der Waals surface area contributed by atoms with Crippen molar-refractivity contribution in [2.75, 3.05) is 26.0 Å². The minimum atomic E-state index is -4.87. The molecule has 1 aromatic heterocycles. The number of aryl methyl sites for hydroxylation is 1. The first-order valence-corrected chi connectivity index (χ1v) is 22.2. The van der Waals surface area contributed by atoms with Crippen LogP contribution in [0.1, 0.15) is 64.4 Å². The number of ketones is 1. The number of nitrogens with zero attached hydrogens (tertiary/aromatic N) is 1. The molecule has 1 atom stereocenters. The molecular formula is C39H37F3N3O13PS2. The number of carbonyl (C=O) groups excluding carboxylic acids is 2. The zero-order valence-electron chi connectivity index (χ0n) is 31.9. The summed E-state index contributed by atoms with van der Waals surface area (Å²) in [6.07, 6.45) is -1.14. The first-order chi connectivity index (χ1) is 28.9. The van der Waals surface area contributed by atoms with Crippen molar-refractivity contribution < 1.29 is 75.1 Å². The van der Waals surface area contributed by atoms with Gasteiger partial charge in [0.15, 0.2) is 40.4 Å². The lowest BCUT2D eigenvalue weighted by Gasteiger charge is -2.16. The van der Waals surface area contributed by atoms with Crippen LogP contribution in [0, 0.1) is 28.8 Å². The van der Waals surface area contributed by atoms with Crippen LogP contribution < -0.4 is 24.0 Å². The summed E-state index contributed by atoms with van der Waals surface area (Å²) in [4.78, 5) is 35.5. The third-order valence-corrected chi connectivity index (χ3v) is 13.2. The predicted molar refractivity (Wildman–Crippen MR) is 214 cm³/mol. The number of unbranched alkanes of at least 4 members (excludes halogenated alkanes) is 1. The normalized spacial score (nSPS) is 12.4. The lowest BCUT2D eigenvalue weighted by atomic mass is 10.1. The molecule has 1 amide bonds. The lowest BCUT2D eigenvalue weighted by Crippen LogP contribution is -2.26. The van der Waals surface area contributed by atoms with Gasteiger partial charge in [0.2, 0.25) is 11.5 Å². The van der Waals surface area contributed by atoms with Crippen LogP contribution in [0.3, 0.4) is 0 Å². The smallest absolute Gasteiger partial charge is 0.391 e. The van der Waals surface area contributed by atoms with E-state index < -0.39 is 102 Å². The van der Waals surface area contributed by atoms with Gasteiger partial charge in [-0.1, -0.05) is 6.92 Å². The fourth-order valence-corrected chi connectivity index (χ4v) is 10.2. The van der Waals surface area contributed by atoms with Gasteiger partial charge in [-0.05, 0) is 79.8 Å². The highest BCUT2D eigenvalue weighted by atomic mass is 32.2. The number of carbonyl (C=O) groups is 2. The number of phenolic OH excluding ortho intramolecular Hbond substituents is 4. The number of benzene rings is 4. The number of fused-ring (bicyclic) bond motifs is 1. The van der Waals surface area contributed by atoms with E-state index in [4.69, 9.17) is 19.3 Å². The molecule has 7 N–H and O–H groups in total. The van der Waals surface area contributed by atoms with E-state index in [0.29, 0.717) is 17.4 Å². The Morgan fingerprint density at radius 3 is 2.10 bits per heavy atom. The molecule has 16 nitrogen and oxygen atoms in total. The largest absolute Gasteiger partial charge is 0.504 e. The number of amides is 1. The van der Waals surface area contributed by atoms with Crippen LogP contribution in [0.2, 0.25) is 0 Å². The van der Waals surface area contributed by atoms with E-state index in [2.05, 4.69) is 5.32 Å². The Morgan fingerprint density at radius 2 is 1.48 bits per heavy atom. The fourth-order valence-electron chi connectivity index (χ4n) is 5.73. The van der Waals surface area contributed by atoms with Crippen LogP contribution in [0.25, 0.3) is 10.1 Å². The molecule has 0 fully saturated rings. The average Bonchev–Trinajstić information content (AvgIpc) is 3.63. The number of hydrogen-bond donors (Lipinski definition) is 7. The van der Waals surface area contributed by atoms with E-state index >= 15 is 8.78 Å². The summed E-state index contributed by atoms with van der Waals surface area (Å²) in [5.41, 5.74) is -0.442. The number of rotatable bonds is 20. The van der Waals surface area contributed by atoms with Crippen LogP contribution in [0.15, 0.2) is 58.8 Å². The lowest BCUT2D eigenvalue weighted by molar-refractivity contribution is 0.0948. The van der Waals surface area contributed by atoms with Gasteiger partial charge >= 0.3 is 7.60 Å². The minimum Gasteiger partial charge on any atom is -0.504 e. The molecule has 61 heavy (non-hydrogen) atoms. The number of Topliss-reactive ketones (excluding diaryl/α,β-unsaturated/α-hetero) is 1. The second-order valence-electron chi connectivity index (χ2n) is 13.1.